The topological polar surface area (TPSA) is 62.7 Å². The van der Waals surface area contributed by atoms with Crippen molar-refractivity contribution in [2.24, 2.45) is 0 Å². The molecule has 1 aromatic heterocycles. The third-order valence-corrected chi connectivity index (χ3v) is 2.78. The number of aromatic nitrogens is 1. The Labute approximate surface area is 66.9 Å². The number of nitriles is 1. The number of rotatable bonds is 1. The molecule has 10 heavy (non-hydrogen) atoms. The molecule has 0 aliphatic carbocycles. The van der Waals surface area contributed by atoms with Gasteiger partial charge in [0.05, 0.1) is 0 Å². The zero-order valence-electron chi connectivity index (χ0n) is 5.29. The van der Waals surface area contributed by atoms with Gasteiger partial charge in [0.2, 0.25) is 0 Å². The normalized spacial score (nSPS) is 9.20. The maximum Gasteiger partial charge on any atom is 0.176 e. The Morgan fingerprint density at radius 2 is 2.50 bits per heavy atom. The van der Waals surface area contributed by atoms with Gasteiger partial charge in [0.25, 0.3) is 0 Å². The van der Waals surface area contributed by atoms with Crippen LogP contribution in [0.25, 0.3) is 0 Å². The summed E-state index contributed by atoms with van der Waals surface area (Å²) in [5.41, 5.74) is 5.79. The minimum absolute atomic E-state index is 0.342. The van der Waals surface area contributed by atoms with Crippen molar-refractivity contribution >= 4 is 28.1 Å². The first-order valence-corrected chi connectivity index (χ1v) is 4.52. The highest BCUT2D eigenvalue weighted by Gasteiger charge is 2.04. The van der Waals surface area contributed by atoms with Gasteiger partial charge in [-0.3, -0.25) is 0 Å². The van der Waals surface area contributed by atoms with Gasteiger partial charge in [0, 0.05) is 0 Å². The summed E-state index contributed by atoms with van der Waals surface area (Å²) in [4.78, 5) is 3.94. The number of nitrogen functional groups attached to an aromatic ring is 1. The molecule has 0 aliphatic heterocycles. The highest BCUT2D eigenvalue weighted by Crippen LogP contribution is 2.26. The van der Waals surface area contributed by atoms with Crippen LogP contribution in [-0.4, -0.2) is 11.2 Å². The van der Waals surface area contributed by atoms with Crippen molar-refractivity contribution in [3.05, 3.63) is 5.69 Å². The summed E-state index contributed by atoms with van der Waals surface area (Å²) < 4.78 is 0.842. The smallest absolute Gasteiger partial charge is 0.176 e. The first-order valence-electron chi connectivity index (χ1n) is 2.48. The molecule has 0 fully saturated rings. The van der Waals surface area contributed by atoms with Gasteiger partial charge >= 0.3 is 0 Å². The van der Waals surface area contributed by atoms with Crippen molar-refractivity contribution in [2.75, 3.05) is 12.0 Å². The van der Waals surface area contributed by atoms with Crippen molar-refractivity contribution in [2.45, 2.75) is 4.34 Å². The molecule has 5 heteroatoms. The molecule has 0 spiro atoms. The van der Waals surface area contributed by atoms with Crippen LogP contribution in [0.4, 0.5) is 5.00 Å². The summed E-state index contributed by atoms with van der Waals surface area (Å²) >= 11 is 2.84. The molecule has 0 radical (unpaired) electrons. The third-order valence-electron chi connectivity index (χ3n) is 0.914. The lowest BCUT2D eigenvalue weighted by Gasteiger charge is -1.77. The monoisotopic (exact) mass is 171 g/mol. The number of nitrogens with two attached hydrogens (primary N) is 1. The molecule has 3 nitrogen and oxygen atoms in total. The number of thiazole rings is 1. The van der Waals surface area contributed by atoms with E-state index in [2.05, 4.69) is 4.98 Å². The van der Waals surface area contributed by atoms with E-state index < -0.39 is 0 Å². The molecular weight excluding hydrogens is 166 g/mol. The van der Waals surface area contributed by atoms with E-state index in [-0.39, 0.29) is 0 Å². The summed E-state index contributed by atoms with van der Waals surface area (Å²) in [5, 5.41) is 8.94. The van der Waals surface area contributed by atoms with Gasteiger partial charge in [-0.1, -0.05) is 23.1 Å². The van der Waals surface area contributed by atoms with E-state index >= 15 is 0 Å². The average molecular weight is 171 g/mol. The molecule has 0 bridgehead atoms. The predicted molar refractivity (Wildman–Crippen MR) is 43.0 cm³/mol. The van der Waals surface area contributed by atoms with Crippen LogP contribution in [0.3, 0.4) is 0 Å². The van der Waals surface area contributed by atoms with Crippen molar-refractivity contribution in [3.8, 4) is 6.07 Å². The summed E-state index contributed by atoms with van der Waals surface area (Å²) in [7, 11) is 0. The van der Waals surface area contributed by atoms with Gasteiger partial charge in [0.15, 0.2) is 10.0 Å². The fourth-order valence-electron chi connectivity index (χ4n) is 0.479. The van der Waals surface area contributed by atoms with E-state index in [0.717, 1.165) is 4.34 Å². The minimum atomic E-state index is 0.342. The standard InChI is InChI=1S/C5H5N3S2/c1-9-5-8-3(2-6)4(7)10-5/h7H2,1H3. The molecule has 0 aliphatic rings. The fraction of sp³-hybridized carbons (Fsp3) is 0.200. The quantitative estimate of drug-likeness (QED) is 0.647. The van der Waals surface area contributed by atoms with Crippen LogP contribution < -0.4 is 5.73 Å². The van der Waals surface area contributed by atoms with Gasteiger partial charge in [0.1, 0.15) is 11.1 Å². The zero-order valence-corrected chi connectivity index (χ0v) is 6.92. The van der Waals surface area contributed by atoms with Gasteiger partial charge in [-0.25, -0.2) is 4.98 Å². The van der Waals surface area contributed by atoms with Crippen molar-refractivity contribution < 1.29 is 0 Å². The van der Waals surface area contributed by atoms with E-state index in [1.165, 1.54) is 23.1 Å². The summed E-state index contributed by atoms with van der Waals surface area (Å²) in [5.74, 6) is 0. The van der Waals surface area contributed by atoms with Crippen LogP contribution in [0.5, 0.6) is 0 Å². The lowest BCUT2D eigenvalue weighted by atomic mass is 10.5. The van der Waals surface area contributed by atoms with E-state index in [0.29, 0.717) is 10.7 Å². The van der Waals surface area contributed by atoms with Crippen LogP contribution in [-0.2, 0) is 0 Å². The maximum absolute atomic E-state index is 8.43. The molecule has 0 saturated heterocycles. The molecule has 0 amide bonds. The van der Waals surface area contributed by atoms with Gasteiger partial charge in [-0.15, -0.1) is 0 Å². The summed E-state index contributed by atoms with van der Waals surface area (Å²) in [6.07, 6.45) is 1.90. The molecule has 1 heterocycles. The predicted octanol–water partition coefficient (Wildman–Crippen LogP) is 1.32. The summed E-state index contributed by atoms with van der Waals surface area (Å²) in [6, 6.07) is 1.91. The SMILES string of the molecule is CSc1nc(C#N)c(N)s1. The van der Waals surface area contributed by atoms with Crippen LogP contribution in [0.2, 0.25) is 0 Å². The van der Waals surface area contributed by atoms with Gasteiger partial charge in [-0.05, 0) is 6.26 Å². The molecule has 0 aromatic carbocycles. The Bertz CT molecular complexity index is 273. The van der Waals surface area contributed by atoms with E-state index in [9.17, 15) is 0 Å². The molecule has 1 rings (SSSR count). The maximum atomic E-state index is 8.43. The second kappa shape index (κ2) is 2.90. The minimum Gasteiger partial charge on any atom is -0.388 e. The summed E-state index contributed by atoms with van der Waals surface area (Å²) in [6.45, 7) is 0. The lowest BCUT2D eigenvalue weighted by Crippen LogP contribution is -1.82. The van der Waals surface area contributed by atoms with Crippen molar-refractivity contribution in [1.29, 1.82) is 5.26 Å². The number of nitrogens with zero attached hydrogens (tertiary/aromatic N) is 2. The zero-order chi connectivity index (χ0) is 7.56. The van der Waals surface area contributed by atoms with E-state index in [1.54, 1.807) is 0 Å². The Morgan fingerprint density at radius 1 is 1.80 bits per heavy atom. The Balaban J connectivity index is 3.07. The Morgan fingerprint density at radius 3 is 2.80 bits per heavy atom. The second-order valence-electron chi connectivity index (χ2n) is 1.51. The largest absolute Gasteiger partial charge is 0.388 e. The van der Waals surface area contributed by atoms with E-state index in [1.807, 2.05) is 12.3 Å². The first-order chi connectivity index (χ1) is 4.77. The number of anilines is 1. The van der Waals surface area contributed by atoms with Crippen LogP contribution in [0, 0.1) is 11.3 Å². The molecule has 0 saturated carbocycles. The molecule has 1 aromatic rings. The number of thioether (sulfide) groups is 1. The Kier molecular flexibility index (Phi) is 2.14. The van der Waals surface area contributed by atoms with Crippen molar-refractivity contribution in [1.82, 2.24) is 4.98 Å². The molecule has 0 atom stereocenters. The molecular formula is C5H5N3S2. The molecule has 0 unspecified atom stereocenters. The van der Waals surface area contributed by atoms with Crippen LogP contribution in [0.15, 0.2) is 4.34 Å². The second-order valence-corrected chi connectivity index (χ2v) is 3.59. The van der Waals surface area contributed by atoms with E-state index in [4.69, 9.17) is 11.0 Å². The molecule has 2 N–H and O–H groups in total. The lowest BCUT2D eigenvalue weighted by molar-refractivity contribution is 1.21. The average Bonchev–Trinajstić information content (AvgIpc) is 2.30. The van der Waals surface area contributed by atoms with Gasteiger partial charge in [-0.2, -0.15) is 5.26 Å². The molecule has 52 valence electrons. The Hall–Kier alpha value is -0.730. The van der Waals surface area contributed by atoms with Gasteiger partial charge < -0.3 is 5.73 Å². The van der Waals surface area contributed by atoms with Crippen LogP contribution in [0.1, 0.15) is 5.69 Å². The van der Waals surface area contributed by atoms with Crippen LogP contribution >= 0.6 is 23.1 Å². The highest BCUT2D eigenvalue weighted by atomic mass is 32.2. The van der Waals surface area contributed by atoms with Crippen molar-refractivity contribution in [3.63, 3.8) is 0 Å². The fourth-order valence-corrected chi connectivity index (χ4v) is 1.78. The first kappa shape index (κ1) is 7.38. The highest BCUT2D eigenvalue weighted by molar-refractivity contribution is 8.00. The third kappa shape index (κ3) is 1.23. The number of hydrogen-bond acceptors (Lipinski definition) is 5. The number of hydrogen-bond donors (Lipinski definition) is 1.